The van der Waals surface area contributed by atoms with Gasteiger partial charge in [-0.3, -0.25) is 9.59 Å². The van der Waals surface area contributed by atoms with E-state index in [9.17, 15) is 14.4 Å². The first kappa shape index (κ1) is 28.6. The number of thioether (sulfide) groups is 1. The lowest BCUT2D eigenvalue weighted by Gasteiger charge is -2.18. The Morgan fingerprint density at radius 2 is 1.63 bits per heavy atom. The van der Waals surface area contributed by atoms with Gasteiger partial charge in [0.2, 0.25) is 5.91 Å². The molecule has 1 aromatic heterocycles. The second-order valence-corrected chi connectivity index (χ2v) is 12.2. The molecular formula is C33H32N2O4S2. The molecule has 0 fully saturated rings. The van der Waals surface area contributed by atoms with Gasteiger partial charge >= 0.3 is 5.97 Å². The Labute approximate surface area is 248 Å². The van der Waals surface area contributed by atoms with Crippen molar-refractivity contribution in [3.05, 3.63) is 112 Å². The van der Waals surface area contributed by atoms with Gasteiger partial charge in [-0.05, 0) is 73.6 Å². The average molecular weight is 585 g/mol. The highest BCUT2D eigenvalue weighted by Crippen LogP contribution is 2.41. The first-order valence-corrected chi connectivity index (χ1v) is 15.4. The minimum atomic E-state index is -0.592. The molecule has 1 heterocycles. The second-order valence-electron chi connectivity index (χ2n) is 9.95. The number of carbonyl (C=O) groups excluding carboxylic acids is 3. The van der Waals surface area contributed by atoms with Crippen LogP contribution in [0.3, 0.4) is 0 Å². The van der Waals surface area contributed by atoms with Gasteiger partial charge in [0.05, 0.1) is 12.7 Å². The Morgan fingerprint density at radius 3 is 2.41 bits per heavy atom. The lowest BCUT2D eigenvalue weighted by Crippen LogP contribution is -2.20. The van der Waals surface area contributed by atoms with Crippen LogP contribution in [0.25, 0.3) is 0 Å². The zero-order valence-corrected chi connectivity index (χ0v) is 24.7. The van der Waals surface area contributed by atoms with E-state index in [0.29, 0.717) is 21.8 Å². The monoisotopic (exact) mass is 584 g/mol. The van der Waals surface area contributed by atoms with Crippen LogP contribution in [0.2, 0.25) is 0 Å². The van der Waals surface area contributed by atoms with Crippen molar-refractivity contribution in [2.75, 3.05) is 17.7 Å². The van der Waals surface area contributed by atoms with Crippen molar-refractivity contribution in [2.24, 2.45) is 0 Å². The molecule has 5 rings (SSSR count). The number of thiophene rings is 1. The van der Waals surface area contributed by atoms with Gasteiger partial charge in [0.15, 0.2) is 0 Å². The smallest absolute Gasteiger partial charge is 0.341 e. The van der Waals surface area contributed by atoms with Crippen molar-refractivity contribution in [1.29, 1.82) is 0 Å². The fourth-order valence-corrected chi connectivity index (χ4v) is 7.40. The number of anilines is 2. The van der Waals surface area contributed by atoms with E-state index in [4.69, 9.17) is 4.74 Å². The Hall–Kier alpha value is -3.88. The normalized spacial score (nSPS) is 13.4. The van der Waals surface area contributed by atoms with Crippen LogP contribution < -0.4 is 10.6 Å². The molecule has 1 unspecified atom stereocenters. The number of hydrogen-bond acceptors (Lipinski definition) is 6. The highest BCUT2D eigenvalue weighted by molar-refractivity contribution is 8.00. The van der Waals surface area contributed by atoms with Crippen LogP contribution in [0.1, 0.15) is 66.8 Å². The fourth-order valence-electron chi connectivity index (χ4n) is 5.04. The predicted molar refractivity (Wildman–Crippen MR) is 166 cm³/mol. The van der Waals surface area contributed by atoms with E-state index < -0.39 is 11.2 Å². The summed E-state index contributed by atoms with van der Waals surface area (Å²) >= 11 is 2.88. The highest BCUT2D eigenvalue weighted by Gasteiger charge is 2.29. The summed E-state index contributed by atoms with van der Waals surface area (Å²) in [5.74, 6) is -0.826. The van der Waals surface area contributed by atoms with E-state index in [0.717, 1.165) is 58.6 Å². The Morgan fingerprint density at radius 1 is 0.878 bits per heavy atom. The van der Waals surface area contributed by atoms with Crippen molar-refractivity contribution in [1.82, 2.24) is 0 Å². The Balaban J connectivity index is 1.41. The van der Waals surface area contributed by atoms with Crippen molar-refractivity contribution < 1.29 is 19.1 Å². The average Bonchev–Trinajstić information content (AvgIpc) is 3.15. The summed E-state index contributed by atoms with van der Waals surface area (Å²) in [5, 5.41) is 6.02. The third-order valence-electron chi connectivity index (χ3n) is 7.12. The van der Waals surface area contributed by atoms with Crippen LogP contribution in [0.15, 0.2) is 83.8 Å². The van der Waals surface area contributed by atoms with Crippen LogP contribution in [-0.2, 0) is 22.4 Å². The zero-order chi connectivity index (χ0) is 28.8. The van der Waals surface area contributed by atoms with Gasteiger partial charge < -0.3 is 15.4 Å². The van der Waals surface area contributed by atoms with Crippen LogP contribution in [0.4, 0.5) is 10.7 Å². The molecule has 1 aliphatic carbocycles. The molecule has 6 nitrogen and oxygen atoms in total. The molecule has 0 bridgehead atoms. The van der Waals surface area contributed by atoms with E-state index in [1.165, 1.54) is 30.2 Å². The van der Waals surface area contributed by atoms with Crippen molar-refractivity contribution in [2.45, 2.75) is 49.2 Å². The standard InChI is InChI=1S/C33H32N2O4S2/c1-21-12-9-10-17-25(21)30(36)34-23-15-11-16-24(20-23)40-29(22-13-5-3-6-14-22)31(37)35-32-28(33(38)39-2)26-18-7-4-8-19-27(26)41-32/h3,5-6,9-17,20,29H,4,7-8,18-19H2,1-2H3,(H,34,36)(H,35,37). The van der Waals surface area contributed by atoms with Gasteiger partial charge in [0.1, 0.15) is 10.3 Å². The van der Waals surface area contributed by atoms with E-state index >= 15 is 0 Å². The minimum absolute atomic E-state index is 0.185. The van der Waals surface area contributed by atoms with Gasteiger partial charge in [-0.15, -0.1) is 23.1 Å². The topological polar surface area (TPSA) is 84.5 Å². The first-order valence-electron chi connectivity index (χ1n) is 13.7. The maximum absolute atomic E-state index is 13.9. The van der Waals surface area contributed by atoms with Crippen LogP contribution in [0.5, 0.6) is 0 Å². The zero-order valence-electron chi connectivity index (χ0n) is 23.1. The molecule has 3 aromatic carbocycles. The number of esters is 1. The number of carbonyl (C=O) groups is 3. The molecule has 8 heteroatoms. The van der Waals surface area contributed by atoms with Gasteiger partial charge in [-0.2, -0.15) is 0 Å². The molecule has 0 radical (unpaired) electrons. The molecule has 0 saturated carbocycles. The summed E-state index contributed by atoms with van der Waals surface area (Å²) in [7, 11) is 1.38. The number of hydrogen-bond donors (Lipinski definition) is 2. The number of nitrogens with one attached hydrogen (secondary N) is 2. The van der Waals surface area contributed by atoms with Gasteiger partial charge in [-0.1, -0.05) is 61.0 Å². The summed E-state index contributed by atoms with van der Waals surface area (Å²) in [6.07, 6.45) is 4.92. The summed E-state index contributed by atoms with van der Waals surface area (Å²) < 4.78 is 5.13. The number of fused-ring (bicyclic) bond motifs is 1. The third-order valence-corrected chi connectivity index (χ3v) is 9.58. The number of aryl methyl sites for hydroxylation is 2. The van der Waals surface area contributed by atoms with E-state index in [-0.39, 0.29) is 11.8 Å². The molecule has 4 aromatic rings. The third kappa shape index (κ3) is 6.72. The molecule has 210 valence electrons. The number of ether oxygens (including phenoxy) is 1. The predicted octanol–water partition coefficient (Wildman–Crippen LogP) is 7.84. The molecule has 0 saturated heterocycles. The van der Waals surface area contributed by atoms with Crippen LogP contribution >= 0.6 is 23.1 Å². The minimum Gasteiger partial charge on any atom is -0.465 e. The number of rotatable bonds is 8. The fraction of sp³-hybridized carbons (Fsp3) is 0.242. The number of amides is 2. The molecule has 1 aliphatic rings. The summed E-state index contributed by atoms with van der Waals surface area (Å²) in [4.78, 5) is 41.6. The van der Waals surface area contributed by atoms with Crippen molar-refractivity contribution in [3.63, 3.8) is 0 Å². The molecule has 41 heavy (non-hydrogen) atoms. The SMILES string of the molecule is COC(=O)c1c(NC(=O)C(Sc2cccc(NC(=O)c3ccccc3C)c2)c2ccccc2)sc2c1CCCCC2. The molecule has 2 N–H and O–H groups in total. The van der Waals surface area contributed by atoms with Gasteiger partial charge in [0, 0.05) is 21.0 Å². The van der Waals surface area contributed by atoms with Gasteiger partial charge in [-0.25, -0.2) is 4.79 Å². The van der Waals surface area contributed by atoms with E-state index in [2.05, 4.69) is 10.6 Å². The van der Waals surface area contributed by atoms with Crippen LogP contribution in [-0.4, -0.2) is 24.9 Å². The van der Waals surface area contributed by atoms with E-state index in [1.54, 1.807) is 6.07 Å². The van der Waals surface area contributed by atoms with Crippen molar-refractivity contribution >= 4 is 51.6 Å². The quantitative estimate of drug-likeness (QED) is 0.125. The Kier molecular flexibility index (Phi) is 9.21. The lowest BCUT2D eigenvalue weighted by molar-refractivity contribution is -0.115. The van der Waals surface area contributed by atoms with Gasteiger partial charge in [0.25, 0.3) is 5.91 Å². The summed E-state index contributed by atoms with van der Waals surface area (Å²) in [6, 6.07) is 24.5. The van der Waals surface area contributed by atoms with E-state index in [1.807, 2.05) is 79.7 Å². The largest absolute Gasteiger partial charge is 0.465 e. The number of benzene rings is 3. The Bertz CT molecular complexity index is 1560. The van der Waals surface area contributed by atoms with Crippen LogP contribution in [0, 0.1) is 6.92 Å². The maximum Gasteiger partial charge on any atom is 0.341 e. The number of methoxy groups -OCH3 is 1. The first-order chi connectivity index (χ1) is 19.9. The molecular weight excluding hydrogens is 553 g/mol. The molecule has 2 amide bonds. The van der Waals surface area contributed by atoms with Crippen molar-refractivity contribution in [3.8, 4) is 0 Å². The second kappa shape index (κ2) is 13.2. The maximum atomic E-state index is 13.9. The molecule has 1 atom stereocenters. The lowest BCUT2D eigenvalue weighted by atomic mass is 10.1. The molecule has 0 aliphatic heterocycles. The summed E-state index contributed by atoms with van der Waals surface area (Å²) in [6.45, 7) is 1.90. The highest BCUT2D eigenvalue weighted by atomic mass is 32.2. The summed E-state index contributed by atoms with van der Waals surface area (Å²) in [5.41, 5.74) is 4.49. The molecule has 0 spiro atoms.